The summed E-state index contributed by atoms with van der Waals surface area (Å²) in [5.41, 5.74) is 0.621. The van der Waals surface area contributed by atoms with Crippen molar-refractivity contribution in [2.45, 2.75) is 6.04 Å². The van der Waals surface area contributed by atoms with Crippen molar-refractivity contribution in [2.75, 3.05) is 20.3 Å². The normalized spacial score (nSPS) is 18.7. The van der Waals surface area contributed by atoms with Crippen LogP contribution in [0.15, 0.2) is 48.0 Å². The number of carbonyl (C=O) groups is 2. The molecule has 146 valence electrons. The van der Waals surface area contributed by atoms with E-state index in [-0.39, 0.29) is 29.3 Å². The summed E-state index contributed by atoms with van der Waals surface area (Å²) in [6.45, 7) is 0.327. The predicted octanol–water partition coefficient (Wildman–Crippen LogP) is 4.20. The Hall–Kier alpha value is -2.41. The van der Waals surface area contributed by atoms with Gasteiger partial charge in [-0.1, -0.05) is 29.3 Å². The van der Waals surface area contributed by atoms with E-state index in [1.807, 2.05) is 0 Å². The lowest BCUT2D eigenvalue weighted by molar-refractivity contribution is -0.140. The predicted molar refractivity (Wildman–Crippen MR) is 104 cm³/mol. The Labute approximate surface area is 170 Å². The molecule has 0 aromatic heterocycles. The molecule has 1 N–H and O–H groups in total. The van der Waals surface area contributed by atoms with E-state index >= 15 is 0 Å². The van der Waals surface area contributed by atoms with Crippen molar-refractivity contribution in [1.29, 1.82) is 0 Å². The number of ether oxygens (including phenoxy) is 1. The van der Waals surface area contributed by atoms with Crippen LogP contribution < -0.4 is 0 Å². The number of Topliss-reactive ketones (excluding diaryl/α,β-unsaturated/α-hetero) is 1. The van der Waals surface area contributed by atoms with Crippen LogP contribution in [-0.4, -0.2) is 42.0 Å². The molecule has 1 saturated heterocycles. The van der Waals surface area contributed by atoms with E-state index < -0.39 is 29.3 Å². The first kappa shape index (κ1) is 20.3. The zero-order valence-electron chi connectivity index (χ0n) is 14.8. The summed E-state index contributed by atoms with van der Waals surface area (Å²) in [6, 6.07) is 8.82. The number of aliphatic hydroxyl groups excluding tert-OH is 1. The number of carbonyl (C=O) groups excluding carboxylic acids is 2. The Morgan fingerprint density at radius 1 is 1.14 bits per heavy atom. The maximum atomic E-state index is 13.2. The average molecular weight is 424 g/mol. The van der Waals surface area contributed by atoms with Gasteiger partial charge in [-0.25, -0.2) is 4.39 Å². The molecule has 2 aromatic rings. The maximum Gasteiger partial charge on any atom is 0.295 e. The number of aliphatic hydroxyl groups is 1. The van der Waals surface area contributed by atoms with Gasteiger partial charge in [0.05, 0.1) is 28.3 Å². The number of amides is 1. The van der Waals surface area contributed by atoms with Gasteiger partial charge >= 0.3 is 0 Å². The molecule has 3 rings (SSSR count). The molecule has 0 saturated carbocycles. The van der Waals surface area contributed by atoms with Gasteiger partial charge in [-0.3, -0.25) is 9.59 Å². The van der Waals surface area contributed by atoms with E-state index in [1.165, 1.54) is 30.2 Å². The van der Waals surface area contributed by atoms with E-state index in [2.05, 4.69) is 0 Å². The molecule has 1 fully saturated rings. The van der Waals surface area contributed by atoms with Gasteiger partial charge in [0.2, 0.25) is 0 Å². The van der Waals surface area contributed by atoms with Gasteiger partial charge < -0.3 is 14.7 Å². The third-order valence-electron chi connectivity index (χ3n) is 4.45. The Morgan fingerprint density at radius 3 is 2.43 bits per heavy atom. The lowest BCUT2D eigenvalue weighted by atomic mass is 9.95. The maximum absolute atomic E-state index is 13.2. The summed E-state index contributed by atoms with van der Waals surface area (Å²) in [6.07, 6.45) is 0. The quantitative estimate of drug-likeness (QED) is 0.444. The smallest absolute Gasteiger partial charge is 0.295 e. The van der Waals surface area contributed by atoms with Crippen LogP contribution >= 0.6 is 23.2 Å². The van der Waals surface area contributed by atoms with Crippen LogP contribution in [0.3, 0.4) is 0 Å². The second kappa shape index (κ2) is 8.31. The van der Waals surface area contributed by atoms with Gasteiger partial charge in [0.25, 0.3) is 11.7 Å². The number of hydrogen-bond donors (Lipinski definition) is 1. The lowest BCUT2D eigenvalue weighted by Gasteiger charge is -2.25. The monoisotopic (exact) mass is 423 g/mol. The van der Waals surface area contributed by atoms with Gasteiger partial charge in [-0.05, 0) is 42.0 Å². The number of likely N-dealkylation sites (tertiary alicyclic amines) is 1. The van der Waals surface area contributed by atoms with Crippen LogP contribution in [-0.2, 0) is 14.3 Å². The molecule has 8 heteroatoms. The molecule has 0 aliphatic carbocycles. The number of rotatable bonds is 5. The fraction of sp³-hybridized carbons (Fsp3) is 0.200. The summed E-state index contributed by atoms with van der Waals surface area (Å²) in [5, 5.41) is 11.3. The summed E-state index contributed by atoms with van der Waals surface area (Å²) < 4.78 is 18.3. The number of halogens is 3. The Bertz CT molecular complexity index is 959. The van der Waals surface area contributed by atoms with Crippen molar-refractivity contribution in [3.8, 4) is 0 Å². The zero-order valence-corrected chi connectivity index (χ0v) is 16.3. The second-order valence-electron chi connectivity index (χ2n) is 6.17. The first-order chi connectivity index (χ1) is 13.3. The highest BCUT2D eigenvalue weighted by molar-refractivity contribution is 6.46. The molecule has 1 aliphatic rings. The molecule has 2 aromatic carbocycles. The SMILES string of the molecule is COCCN1C(=O)C(=O)/C(=C(\O)c2ccc(F)cc2)C1c1ccc(Cl)c(Cl)c1. The molecule has 1 aliphatic heterocycles. The summed E-state index contributed by atoms with van der Waals surface area (Å²) in [4.78, 5) is 26.6. The number of nitrogens with zero attached hydrogens (tertiary/aromatic N) is 1. The van der Waals surface area contributed by atoms with Crippen molar-refractivity contribution in [3.05, 3.63) is 75.0 Å². The number of ketones is 1. The van der Waals surface area contributed by atoms with Gasteiger partial charge in [-0.15, -0.1) is 0 Å². The van der Waals surface area contributed by atoms with E-state index in [1.54, 1.807) is 12.1 Å². The van der Waals surface area contributed by atoms with Crippen LogP contribution in [0.2, 0.25) is 10.0 Å². The van der Waals surface area contributed by atoms with Crippen molar-refractivity contribution >= 4 is 40.7 Å². The zero-order chi connectivity index (χ0) is 20.4. The molecule has 1 amide bonds. The summed E-state index contributed by atoms with van der Waals surface area (Å²) in [5.74, 6) is -2.49. The molecule has 0 bridgehead atoms. The van der Waals surface area contributed by atoms with Crippen LogP contribution in [0.1, 0.15) is 17.2 Å². The fourth-order valence-electron chi connectivity index (χ4n) is 3.09. The summed E-state index contributed by atoms with van der Waals surface area (Å²) in [7, 11) is 1.48. The summed E-state index contributed by atoms with van der Waals surface area (Å²) >= 11 is 12.1. The highest BCUT2D eigenvalue weighted by atomic mass is 35.5. The molecule has 0 spiro atoms. The second-order valence-corrected chi connectivity index (χ2v) is 6.98. The molecule has 0 radical (unpaired) electrons. The third-order valence-corrected chi connectivity index (χ3v) is 5.19. The van der Waals surface area contributed by atoms with E-state index in [0.717, 1.165) is 12.1 Å². The van der Waals surface area contributed by atoms with Crippen molar-refractivity contribution in [2.24, 2.45) is 0 Å². The molecule has 28 heavy (non-hydrogen) atoms. The molecule has 1 atom stereocenters. The van der Waals surface area contributed by atoms with Crippen LogP contribution in [0.5, 0.6) is 0 Å². The van der Waals surface area contributed by atoms with Crippen molar-refractivity contribution in [3.63, 3.8) is 0 Å². The van der Waals surface area contributed by atoms with E-state index in [9.17, 15) is 19.1 Å². The Morgan fingerprint density at radius 2 is 1.82 bits per heavy atom. The average Bonchev–Trinajstić information content (AvgIpc) is 2.93. The van der Waals surface area contributed by atoms with Gasteiger partial charge in [-0.2, -0.15) is 0 Å². The molecular weight excluding hydrogens is 408 g/mol. The third kappa shape index (κ3) is 3.76. The standard InChI is InChI=1S/C20H16Cl2FNO4/c1-28-9-8-24-17(12-4-7-14(21)15(22)10-12)16(19(26)20(24)27)18(25)11-2-5-13(23)6-3-11/h2-7,10,17,25H,8-9H2,1H3/b18-16-. The largest absolute Gasteiger partial charge is 0.507 e. The van der Waals surface area contributed by atoms with Gasteiger partial charge in [0.15, 0.2) is 0 Å². The topological polar surface area (TPSA) is 66.8 Å². The van der Waals surface area contributed by atoms with Crippen molar-refractivity contribution < 1.29 is 23.8 Å². The first-order valence-corrected chi connectivity index (χ1v) is 9.09. The van der Waals surface area contributed by atoms with Crippen LogP contribution in [0, 0.1) is 5.82 Å². The Kier molecular flexibility index (Phi) is 6.03. The van der Waals surface area contributed by atoms with Gasteiger partial charge in [0.1, 0.15) is 11.6 Å². The first-order valence-electron chi connectivity index (χ1n) is 8.33. The van der Waals surface area contributed by atoms with E-state index in [4.69, 9.17) is 27.9 Å². The minimum Gasteiger partial charge on any atom is -0.507 e. The van der Waals surface area contributed by atoms with Crippen LogP contribution in [0.25, 0.3) is 5.76 Å². The van der Waals surface area contributed by atoms with Gasteiger partial charge in [0, 0.05) is 19.2 Å². The molecular formula is C20H16Cl2FNO4. The Balaban J connectivity index is 2.17. The minimum atomic E-state index is -0.880. The fourth-order valence-corrected chi connectivity index (χ4v) is 3.40. The highest BCUT2D eigenvalue weighted by Crippen LogP contribution is 2.40. The molecule has 1 heterocycles. The minimum absolute atomic E-state index is 0.105. The molecule has 1 unspecified atom stereocenters. The highest BCUT2D eigenvalue weighted by Gasteiger charge is 2.46. The number of benzene rings is 2. The van der Waals surface area contributed by atoms with Crippen LogP contribution in [0.4, 0.5) is 4.39 Å². The number of hydrogen-bond acceptors (Lipinski definition) is 4. The van der Waals surface area contributed by atoms with E-state index in [0.29, 0.717) is 10.6 Å². The number of methoxy groups -OCH3 is 1. The van der Waals surface area contributed by atoms with Crippen molar-refractivity contribution in [1.82, 2.24) is 4.90 Å². The molecule has 5 nitrogen and oxygen atoms in total. The lowest BCUT2D eigenvalue weighted by Crippen LogP contribution is -2.32.